The van der Waals surface area contributed by atoms with E-state index in [1.165, 1.54) is 7.11 Å². The van der Waals surface area contributed by atoms with Crippen LogP contribution in [0, 0.1) is 6.92 Å². The first-order valence-electron chi connectivity index (χ1n) is 5.28. The van der Waals surface area contributed by atoms with Crippen LogP contribution in [0.2, 0.25) is 0 Å². The molecule has 2 rings (SSSR count). The Morgan fingerprint density at radius 2 is 1.89 bits per heavy atom. The second kappa shape index (κ2) is 4.56. The van der Waals surface area contributed by atoms with Gasteiger partial charge in [-0.05, 0) is 6.92 Å². The molecule has 0 aromatic carbocycles. The minimum Gasteiger partial charge on any atom is -0.465 e. The summed E-state index contributed by atoms with van der Waals surface area (Å²) < 4.78 is 10.1. The summed E-state index contributed by atoms with van der Waals surface area (Å²) in [5.74, 6) is -1.41. The summed E-state index contributed by atoms with van der Waals surface area (Å²) in [6.45, 7) is 1.60. The van der Waals surface area contributed by atoms with Crippen molar-refractivity contribution in [1.29, 1.82) is 0 Å². The number of aryl methyl sites for hydroxylation is 1. The minimum absolute atomic E-state index is 0.0991. The van der Waals surface area contributed by atoms with Crippen molar-refractivity contribution in [3.05, 3.63) is 33.4 Å². The number of H-pyrrole nitrogens is 1. The molecule has 100 valence electrons. The van der Waals surface area contributed by atoms with Gasteiger partial charge in [0, 0.05) is 11.9 Å². The lowest BCUT2D eigenvalue weighted by Crippen LogP contribution is -2.24. The zero-order valence-corrected chi connectivity index (χ0v) is 10.5. The predicted octanol–water partition coefficient (Wildman–Crippen LogP) is -0.0958. The largest absolute Gasteiger partial charge is 0.465 e. The number of fused-ring (bicyclic) bond motifs is 1. The first kappa shape index (κ1) is 12.8. The number of nitrogens with one attached hydrogen (secondary N) is 1. The Kier molecular flexibility index (Phi) is 3.07. The van der Waals surface area contributed by atoms with Crippen molar-refractivity contribution in [3.8, 4) is 0 Å². The molecule has 0 saturated carbocycles. The summed E-state index contributed by atoms with van der Waals surface area (Å²) in [7, 11) is 2.39. The third-order valence-electron chi connectivity index (χ3n) is 2.63. The Balaban J connectivity index is 2.77. The van der Waals surface area contributed by atoms with Crippen LogP contribution in [0.5, 0.6) is 0 Å². The molecule has 2 aromatic rings. The van der Waals surface area contributed by atoms with Crippen molar-refractivity contribution in [1.82, 2.24) is 14.6 Å². The number of aromatic nitrogens is 3. The van der Waals surface area contributed by atoms with E-state index in [1.807, 2.05) is 0 Å². The number of methoxy groups -OCH3 is 2. The molecule has 0 aliphatic heterocycles. The van der Waals surface area contributed by atoms with Gasteiger partial charge in [-0.25, -0.2) is 14.6 Å². The van der Waals surface area contributed by atoms with Crippen molar-refractivity contribution >= 4 is 17.6 Å². The number of carbonyl (C=O) groups is 2. The smallest absolute Gasteiger partial charge is 0.345 e. The maximum absolute atomic E-state index is 12.0. The van der Waals surface area contributed by atoms with E-state index in [4.69, 9.17) is 0 Å². The van der Waals surface area contributed by atoms with Gasteiger partial charge in [0.15, 0.2) is 5.65 Å². The average Bonchev–Trinajstić information content (AvgIpc) is 2.75. The highest BCUT2D eigenvalue weighted by Gasteiger charge is 2.22. The monoisotopic (exact) mass is 265 g/mol. The fourth-order valence-electron chi connectivity index (χ4n) is 1.72. The molecule has 2 aromatic heterocycles. The minimum atomic E-state index is -0.793. The SMILES string of the molecule is COC(=O)c1cnc2c(C(=O)OC)c(C)[nH]n2c1=O. The second-order valence-corrected chi connectivity index (χ2v) is 3.73. The molecule has 0 amide bonds. The van der Waals surface area contributed by atoms with Crippen LogP contribution in [0.1, 0.15) is 26.4 Å². The normalized spacial score (nSPS) is 10.5. The van der Waals surface area contributed by atoms with Gasteiger partial charge in [0.2, 0.25) is 0 Å². The van der Waals surface area contributed by atoms with Crippen LogP contribution >= 0.6 is 0 Å². The lowest BCUT2D eigenvalue weighted by molar-refractivity contribution is 0.0592. The number of aromatic amines is 1. The quantitative estimate of drug-likeness (QED) is 0.761. The molecule has 0 spiro atoms. The van der Waals surface area contributed by atoms with E-state index < -0.39 is 17.5 Å². The van der Waals surface area contributed by atoms with E-state index in [-0.39, 0.29) is 16.8 Å². The van der Waals surface area contributed by atoms with Gasteiger partial charge in [-0.2, -0.15) is 4.52 Å². The highest BCUT2D eigenvalue weighted by molar-refractivity contribution is 5.97. The highest BCUT2D eigenvalue weighted by atomic mass is 16.5. The number of hydrogen-bond donors (Lipinski definition) is 1. The van der Waals surface area contributed by atoms with Crippen molar-refractivity contribution in [2.45, 2.75) is 6.92 Å². The molecule has 0 bridgehead atoms. The highest BCUT2D eigenvalue weighted by Crippen LogP contribution is 2.13. The van der Waals surface area contributed by atoms with Crippen molar-refractivity contribution in [2.24, 2.45) is 0 Å². The molecule has 8 heteroatoms. The molecule has 0 unspecified atom stereocenters. The van der Waals surface area contributed by atoms with Crippen LogP contribution in [0.25, 0.3) is 5.65 Å². The second-order valence-electron chi connectivity index (χ2n) is 3.73. The molecule has 0 atom stereocenters. The van der Waals surface area contributed by atoms with Crippen LogP contribution in [0.3, 0.4) is 0 Å². The third kappa shape index (κ3) is 1.86. The lowest BCUT2D eigenvalue weighted by atomic mass is 10.2. The van der Waals surface area contributed by atoms with Gasteiger partial charge >= 0.3 is 11.9 Å². The van der Waals surface area contributed by atoms with Gasteiger partial charge in [0.05, 0.1) is 14.2 Å². The lowest BCUT2D eigenvalue weighted by Gasteiger charge is -1.99. The number of hydrogen-bond acceptors (Lipinski definition) is 6. The molecule has 2 heterocycles. The summed E-state index contributed by atoms with van der Waals surface area (Å²) in [5.41, 5.74) is -0.204. The molecule has 0 saturated heterocycles. The Morgan fingerprint density at radius 3 is 2.47 bits per heavy atom. The van der Waals surface area contributed by atoms with Crippen LogP contribution in [-0.2, 0) is 9.47 Å². The van der Waals surface area contributed by atoms with E-state index in [9.17, 15) is 14.4 Å². The zero-order chi connectivity index (χ0) is 14.2. The van der Waals surface area contributed by atoms with E-state index >= 15 is 0 Å². The molecule has 0 radical (unpaired) electrons. The predicted molar refractivity (Wildman–Crippen MR) is 63.2 cm³/mol. The van der Waals surface area contributed by atoms with E-state index in [1.54, 1.807) is 6.92 Å². The van der Waals surface area contributed by atoms with Gasteiger partial charge in [0.1, 0.15) is 11.1 Å². The number of rotatable bonds is 2. The van der Waals surface area contributed by atoms with Gasteiger partial charge in [-0.15, -0.1) is 0 Å². The Hall–Kier alpha value is -2.64. The van der Waals surface area contributed by atoms with E-state index in [0.717, 1.165) is 17.8 Å². The van der Waals surface area contributed by atoms with Crippen LogP contribution in [0.4, 0.5) is 0 Å². The van der Waals surface area contributed by atoms with E-state index in [0.29, 0.717) is 5.69 Å². The van der Waals surface area contributed by atoms with Crippen LogP contribution in [-0.4, -0.2) is 40.8 Å². The number of nitrogens with zero attached hydrogens (tertiary/aromatic N) is 2. The van der Waals surface area contributed by atoms with Crippen molar-refractivity contribution in [3.63, 3.8) is 0 Å². The first-order valence-corrected chi connectivity index (χ1v) is 5.28. The molecule has 0 aliphatic rings. The molecular formula is C11H11N3O5. The Labute approximate surface area is 106 Å². The van der Waals surface area contributed by atoms with Gasteiger partial charge in [0.25, 0.3) is 5.56 Å². The fourth-order valence-corrected chi connectivity index (χ4v) is 1.72. The fraction of sp³-hybridized carbons (Fsp3) is 0.273. The molecule has 1 N–H and O–H groups in total. The summed E-state index contributed by atoms with van der Waals surface area (Å²) in [4.78, 5) is 39.0. The summed E-state index contributed by atoms with van der Waals surface area (Å²) in [6, 6.07) is 0. The molecule has 0 fully saturated rings. The summed E-state index contributed by atoms with van der Waals surface area (Å²) >= 11 is 0. The molecular weight excluding hydrogens is 254 g/mol. The molecule has 8 nitrogen and oxygen atoms in total. The maximum atomic E-state index is 12.0. The van der Waals surface area contributed by atoms with Crippen molar-refractivity contribution in [2.75, 3.05) is 14.2 Å². The summed E-state index contributed by atoms with van der Waals surface area (Å²) in [5, 5.41) is 2.66. The van der Waals surface area contributed by atoms with Gasteiger partial charge < -0.3 is 9.47 Å². The van der Waals surface area contributed by atoms with Crippen LogP contribution in [0.15, 0.2) is 11.0 Å². The molecule has 19 heavy (non-hydrogen) atoms. The Morgan fingerprint density at radius 1 is 1.26 bits per heavy atom. The topological polar surface area (TPSA) is 103 Å². The van der Waals surface area contributed by atoms with E-state index in [2.05, 4.69) is 19.6 Å². The molecule has 0 aliphatic carbocycles. The van der Waals surface area contributed by atoms with Crippen LogP contribution < -0.4 is 5.56 Å². The maximum Gasteiger partial charge on any atom is 0.345 e. The average molecular weight is 265 g/mol. The van der Waals surface area contributed by atoms with Gasteiger partial charge in [-0.1, -0.05) is 0 Å². The Bertz CT molecular complexity index is 728. The summed E-state index contributed by atoms with van der Waals surface area (Å²) in [6.07, 6.45) is 1.07. The van der Waals surface area contributed by atoms with Gasteiger partial charge in [-0.3, -0.25) is 9.89 Å². The standard InChI is InChI=1S/C11H11N3O5/c1-5-7(11(17)19-3)8-12-4-6(10(16)18-2)9(15)14(8)13-5/h4,13H,1-3H3. The third-order valence-corrected chi connectivity index (χ3v) is 2.63. The number of esters is 2. The number of ether oxygens (including phenoxy) is 2. The number of carbonyl (C=O) groups excluding carboxylic acids is 2. The first-order chi connectivity index (χ1) is 9.01. The van der Waals surface area contributed by atoms with Crippen molar-refractivity contribution < 1.29 is 19.1 Å². The zero-order valence-electron chi connectivity index (χ0n) is 10.5.